The van der Waals surface area contributed by atoms with Gasteiger partial charge in [-0.1, -0.05) is 19.1 Å². The van der Waals surface area contributed by atoms with Gasteiger partial charge >= 0.3 is 13.4 Å². The molecule has 0 saturated carbocycles. The standard InChI is InChI=1S/C17H19N2O7PS/c1-11(6-16(20)19-9-25-27(22,23)24)14-8-13-3-2-12(4-5-18-10-28)7-15(13)26-17(14)21/h2-3,7-8,11H,4-6,9H2,1H3,(H,19,20)(H2,22,23,24). The van der Waals surface area contributed by atoms with Crippen molar-refractivity contribution in [3.05, 3.63) is 45.8 Å². The molecule has 0 aliphatic rings. The number of nitrogens with zero attached hydrogens (tertiary/aromatic N) is 1. The van der Waals surface area contributed by atoms with Crippen LogP contribution in [0.15, 0.2) is 38.5 Å². The number of aliphatic imine (C=N–C) groups is 1. The van der Waals surface area contributed by atoms with E-state index in [9.17, 15) is 14.2 Å². The van der Waals surface area contributed by atoms with Crippen molar-refractivity contribution in [1.29, 1.82) is 0 Å². The van der Waals surface area contributed by atoms with Gasteiger partial charge in [0, 0.05) is 17.4 Å². The Morgan fingerprint density at radius 2 is 2.18 bits per heavy atom. The Morgan fingerprint density at radius 1 is 1.43 bits per heavy atom. The first-order valence-electron chi connectivity index (χ1n) is 8.26. The van der Waals surface area contributed by atoms with Gasteiger partial charge in [0.15, 0.2) is 0 Å². The molecular formula is C17H19N2O7PS. The smallest absolute Gasteiger partial charge is 0.423 e. The van der Waals surface area contributed by atoms with E-state index in [4.69, 9.17) is 14.2 Å². The van der Waals surface area contributed by atoms with Crippen molar-refractivity contribution in [2.45, 2.75) is 25.7 Å². The highest BCUT2D eigenvalue weighted by Crippen LogP contribution is 2.34. The largest absolute Gasteiger partial charge is 0.471 e. The molecule has 1 amide bonds. The maximum Gasteiger partial charge on any atom is 0.471 e. The molecule has 0 fully saturated rings. The summed E-state index contributed by atoms with van der Waals surface area (Å²) >= 11 is 4.52. The fourth-order valence-corrected chi connectivity index (χ4v) is 2.88. The molecule has 1 unspecified atom stereocenters. The first kappa shape index (κ1) is 22.1. The third kappa shape index (κ3) is 6.76. The van der Waals surface area contributed by atoms with Crippen LogP contribution in [0, 0.1) is 0 Å². The van der Waals surface area contributed by atoms with Crippen LogP contribution < -0.4 is 10.9 Å². The number of hydrogen-bond donors (Lipinski definition) is 3. The molecule has 0 saturated heterocycles. The van der Waals surface area contributed by atoms with E-state index in [2.05, 4.69) is 32.2 Å². The predicted molar refractivity (Wildman–Crippen MR) is 105 cm³/mol. The van der Waals surface area contributed by atoms with Gasteiger partial charge in [-0.15, -0.1) is 0 Å². The number of phosphoric acid groups is 1. The second kappa shape index (κ2) is 9.84. The number of rotatable bonds is 9. The van der Waals surface area contributed by atoms with E-state index in [1.54, 1.807) is 19.1 Å². The first-order chi connectivity index (χ1) is 13.2. The molecule has 1 heterocycles. The molecule has 1 atom stereocenters. The predicted octanol–water partition coefficient (Wildman–Crippen LogP) is 2.11. The molecule has 2 aromatic rings. The van der Waals surface area contributed by atoms with Crippen LogP contribution in [0.25, 0.3) is 11.0 Å². The minimum atomic E-state index is -4.66. The molecule has 150 valence electrons. The van der Waals surface area contributed by atoms with Crippen molar-refractivity contribution in [1.82, 2.24) is 5.32 Å². The van der Waals surface area contributed by atoms with Gasteiger partial charge in [0.1, 0.15) is 12.3 Å². The Morgan fingerprint density at radius 3 is 2.86 bits per heavy atom. The SMILES string of the molecule is CC(CC(=O)NCOP(=O)(O)O)c1cc2ccc(CCN=C=S)cc2oc1=O. The number of phosphoric ester groups is 1. The number of benzene rings is 1. The van der Waals surface area contributed by atoms with Gasteiger partial charge in [0.2, 0.25) is 5.91 Å². The first-order valence-corrected chi connectivity index (χ1v) is 10.2. The molecule has 0 aliphatic carbocycles. The molecule has 0 spiro atoms. The fourth-order valence-electron chi connectivity index (χ4n) is 2.56. The Bertz CT molecular complexity index is 1010. The van der Waals surface area contributed by atoms with Crippen molar-refractivity contribution < 1.29 is 28.1 Å². The second-order valence-electron chi connectivity index (χ2n) is 6.05. The van der Waals surface area contributed by atoms with Crippen LogP contribution in [-0.2, 0) is 20.3 Å². The molecule has 3 N–H and O–H groups in total. The van der Waals surface area contributed by atoms with Crippen molar-refractivity contribution in [2.75, 3.05) is 13.3 Å². The van der Waals surface area contributed by atoms with Crippen LogP contribution in [0.5, 0.6) is 0 Å². The zero-order valence-corrected chi connectivity index (χ0v) is 16.7. The monoisotopic (exact) mass is 426 g/mol. The molecule has 0 radical (unpaired) electrons. The number of isothiocyanates is 1. The Hall–Kier alpha value is -2.19. The van der Waals surface area contributed by atoms with Crippen molar-refractivity contribution in [3.8, 4) is 0 Å². The van der Waals surface area contributed by atoms with Crippen molar-refractivity contribution >= 4 is 42.1 Å². The van der Waals surface area contributed by atoms with Crippen LogP contribution in [-0.4, -0.2) is 34.1 Å². The molecule has 2 rings (SSSR count). The summed E-state index contributed by atoms with van der Waals surface area (Å²) in [6.07, 6.45) is 0.562. The molecule has 28 heavy (non-hydrogen) atoms. The molecule has 1 aromatic carbocycles. The third-order valence-corrected chi connectivity index (χ3v) is 4.52. The summed E-state index contributed by atoms with van der Waals surface area (Å²) in [5.41, 5.74) is 1.16. The van der Waals surface area contributed by atoms with Gasteiger partial charge in [-0.05, 0) is 42.3 Å². The third-order valence-electron chi connectivity index (χ3n) is 3.93. The molecule has 0 bridgehead atoms. The minimum Gasteiger partial charge on any atom is -0.423 e. The summed E-state index contributed by atoms with van der Waals surface area (Å²) in [5.74, 6) is -0.984. The van der Waals surface area contributed by atoms with Gasteiger partial charge in [-0.2, -0.15) is 0 Å². The molecule has 0 aliphatic heterocycles. The van der Waals surface area contributed by atoms with E-state index in [-0.39, 0.29) is 6.42 Å². The average molecular weight is 426 g/mol. The van der Waals surface area contributed by atoms with Gasteiger partial charge in [-0.25, -0.2) is 14.4 Å². The number of amides is 1. The maximum atomic E-state index is 12.3. The van der Waals surface area contributed by atoms with E-state index in [0.29, 0.717) is 29.5 Å². The normalized spacial score (nSPS) is 12.4. The Labute approximate surface area is 165 Å². The maximum absolute atomic E-state index is 12.3. The number of fused-ring (bicyclic) bond motifs is 1. The van der Waals surface area contributed by atoms with Crippen LogP contribution >= 0.6 is 20.0 Å². The summed E-state index contributed by atoms with van der Waals surface area (Å²) in [7, 11) is -4.66. The molecule has 9 nitrogen and oxygen atoms in total. The lowest BCUT2D eigenvalue weighted by atomic mass is 9.97. The number of carbonyl (C=O) groups excluding carboxylic acids is 1. The van der Waals surface area contributed by atoms with Gasteiger partial charge < -0.3 is 19.5 Å². The number of thiocarbonyl (C=S) groups is 1. The van der Waals surface area contributed by atoms with E-state index >= 15 is 0 Å². The summed E-state index contributed by atoms with van der Waals surface area (Å²) in [6.45, 7) is 1.55. The van der Waals surface area contributed by atoms with Crippen LogP contribution in [0.1, 0.15) is 30.4 Å². The van der Waals surface area contributed by atoms with E-state index in [0.717, 1.165) is 5.56 Å². The van der Waals surface area contributed by atoms with Gasteiger partial charge in [0.05, 0.1) is 11.7 Å². The number of carbonyl (C=O) groups is 1. The topological polar surface area (TPSA) is 138 Å². The zero-order valence-electron chi connectivity index (χ0n) is 15.0. The molecule has 1 aromatic heterocycles. The molecule has 11 heteroatoms. The zero-order chi connectivity index (χ0) is 20.7. The Balaban J connectivity index is 2.09. The van der Waals surface area contributed by atoms with Gasteiger partial charge in [-0.3, -0.25) is 9.32 Å². The lowest BCUT2D eigenvalue weighted by Crippen LogP contribution is -2.27. The minimum absolute atomic E-state index is 0.0750. The van der Waals surface area contributed by atoms with E-state index in [1.807, 2.05) is 12.1 Å². The Kier molecular flexibility index (Phi) is 7.77. The highest BCUT2D eigenvalue weighted by molar-refractivity contribution is 7.78. The number of nitrogens with one attached hydrogen (secondary N) is 1. The fraction of sp³-hybridized carbons (Fsp3) is 0.353. The quantitative estimate of drug-likeness (QED) is 0.182. The molecular weight excluding hydrogens is 407 g/mol. The summed E-state index contributed by atoms with van der Waals surface area (Å²) in [6, 6.07) is 7.14. The lowest BCUT2D eigenvalue weighted by Gasteiger charge is -2.12. The number of hydrogen-bond acceptors (Lipinski definition) is 7. The summed E-state index contributed by atoms with van der Waals surface area (Å²) in [4.78, 5) is 45.2. The highest BCUT2D eigenvalue weighted by Gasteiger charge is 2.18. The van der Waals surface area contributed by atoms with E-state index < -0.39 is 32.0 Å². The van der Waals surface area contributed by atoms with Crippen molar-refractivity contribution in [3.63, 3.8) is 0 Å². The highest BCUT2D eigenvalue weighted by atomic mass is 32.1. The second-order valence-corrected chi connectivity index (χ2v) is 7.48. The van der Waals surface area contributed by atoms with Crippen LogP contribution in [0.4, 0.5) is 0 Å². The van der Waals surface area contributed by atoms with E-state index in [1.165, 1.54) is 0 Å². The summed E-state index contributed by atoms with van der Waals surface area (Å²) < 4.78 is 20.1. The lowest BCUT2D eigenvalue weighted by molar-refractivity contribution is -0.122. The van der Waals surface area contributed by atoms with Crippen LogP contribution in [0.3, 0.4) is 0 Å². The average Bonchev–Trinajstić information content (AvgIpc) is 2.60. The van der Waals surface area contributed by atoms with Crippen LogP contribution in [0.2, 0.25) is 0 Å². The van der Waals surface area contributed by atoms with Gasteiger partial charge in [0.25, 0.3) is 0 Å². The summed E-state index contributed by atoms with van der Waals surface area (Å²) in [5, 5.41) is 5.23. The van der Waals surface area contributed by atoms with Crippen molar-refractivity contribution in [2.24, 2.45) is 4.99 Å².